The van der Waals surface area contributed by atoms with Crippen molar-refractivity contribution < 1.29 is 14.6 Å². The third-order valence-corrected chi connectivity index (χ3v) is 2.16. The van der Waals surface area contributed by atoms with Gasteiger partial charge in [0.05, 0.1) is 18.8 Å². The standard InChI is InChI=1S/C8H9BrO3/c1-12-8(11)6-4-5(9)2-3-7(6)10/h2,4,7,10H,3H2,1H3. The van der Waals surface area contributed by atoms with Gasteiger partial charge in [0.2, 0.25) is 0 Å². The van der Waals surface area contributed by atoms with Crippen molar-refractivity contribution in [3.8, 4) is 0 Å². The molecule has 1 N–H and O–H groups in total. The molecular weight excluding hydrogens is 224 g/mol. The predicted octanol–water partition coefficient (Wildman–Crippen LogP) is 1.13. The lowest BCUT2D eigenvalue weighted by Crippen LogP contribution is -2.20. The molecule has 0 aromatic heterocycles. The Morgan fingerprint density at radius 1 is 1.83 bits per heavy atom. The van der Waals surface area contributed by atoms with Crippen molar-refractivity contribution in [1.82, 2.24) is 0 Å². The molecule has 1 aliphatic carbocycles. The number of esters is 1. The Morgan fingerprint density at radius 3 is 3.08 bits per heavy atom. The van der Waals surface area contributed by atoms with Gasteiger partial charge in [-0.2, -0.15) is 0 Å². The molecule has 12 heavy (non-hydrogen) atoms. The molecule has 0 aliphatic heterocycles. The average molecular weight is 233 g/mol. The van der Waals surface area contributed by atoms with Crippen molar-refractivity contribution in [2.75, 3.05) is 7.11 Å². The Hall–Kier alpha value is -0.610. The summed E-state index contributed by atoms with van der Waals surface area (Å²) in [6.07, 6.45) is 3.08. The van der Waals surface area contributed by atoms with E-state index in [-0.39, 0.29) is 0 Å². The van der Waals surface area contributed by atoms with Crippen molar-refractivity contribution in [3.05, 3.63) is 22.2 Å². The fourth-order valence-corrected chi connectivity index (χ4v) is 1.40. The van der Waals surface area contributed by atoms with Crippen LogP contribution in [-0.2, 0) is 9.53 Å². The molecule has 0 bridgehead atoms. The summed E-state index contributed by atoms with van der Waals surface area (Å²) in [7, 11) is 1.29. The fraction of sp³-hybridized carbons (Fsp3) is 0.375. The number of carbonyl (C=O) groups is 1. The van der Waals surface area contributed by atoms with E-state index in [1.165, 1.54) is 7.11 Å². The molecule has 3 nitrogen and oxygen atoms in total. The molecular formula is C8H9BrO3. The molecule has 0 aromatic rings. The van der Waals surface area contributed by atoms with Gasteiger partial charge in [-0.15, -0.1) is 0 Å². The van der Waals surface area contributed by atoms with Crippen molar-refractivity contribution in [1.29, 1.82) is 0 Å². The summed E-state index contributed by atoms with van der Waals surface area (Å²) in [6.45, 7) is 0. The monoisotopic (exact) mass is 232 g/mol. The first-order valence-corrected chi connectivity index (χ1v) is 4.28. The van der Waals surface area contributed by atoms with Crippen LogP contribution in [0.3, 0.4) is 0 Å². The maximum absolute atomic E-state index is 11.0. The van der Waals surface area contributed by atoms with E-state index >= 15 is 0 Å². The fourth-order valence-electron chi connectivity index (χ4n) is 0.968. The Morgan fingerprint density at radius 2 is 2.50 bits per heavy atom. The van der Waals surface area contributed by atoms with E-state index in [0.29, 0.717) is 12.0 Å². The molecule has 0 saturated carbocycles. The molecule has 1 aliphatic rings. The van der Waals surface area contributed by atoms with Gasteiger partial charge in [0.15, 0.2) is 0 Å². The molecule has 1 unspecified atom stereocenters. The zero-order valence-electron chi connectivity index (χ0n) is 6.58. The highest BCUT2D eigenvalue weighted by Gasteiger charge is 2.21. The van der Waals surface area contributed by atoms with E-state index in [4.69, 9.17) is 0 Å². The van der Waals surface area contributed by atoms with Gasteiger partial charge in [-0.3, -0.25) is 0 Å². The van der Waals surface area contributed by atoms with Crippen LogP contribution in [0.15, 0.2) is 22.2 Å². The van der Waals surface area contributed by atoms with Crippen molar-refractivity contribution in [3.63, 3.8) is 0 Å². The molecule has 0 spiro atoms. The lowest BCUT2D eigenvalue weighted by molar-refractivity contribution is -0.137. The molecule has 66 valence electrons. The second-order valence-corrected chi connectivity index (χ2v) is 3.35. The second-order valence-electron chi connectivity index (χ2n) is 2.43. The third-order valence-electron chi connectivity index (χ3n) is 1.61. The van der Waals surface area contributed by atoms with Crippen LogP contribution in [0.5, 0.6) is 0 Å². The Labute approximate surface area is 78.8 Å². The summed E-state index contributed by atoms with van der Waals surface area (Å²) in [4.78, 5) is 11.0. The molecule has 0 heterocycles. The van der Waals surface area contributed by atoms with Gasteiger partial charge >= 0.3 is 5.97 Å². The van der Waals surface area contributed by atoms with Gasteiger partial charge in [-0.25, -0.2) is 4.79 Å². The zero-order valence-corrected chi connectivity index (χ0v) is 8.17. The third kappa shape index (κ3) is 1.95. The van der Waals surface area contributed by atoms with E-state index in [1.54, 1.807) is 12.2 Å². The van der Waals surface area contributed by atoms with E-state index in [2.05, 4.69) is 20.7 Å². The molecule has 0 aromatic carbocycles. The summed E-state index contributed by atoms with van der Waals surface area (Å²) in [5.41, 5.74) is 0.298. The van der Waals surface area contributed by atoms with Crippen LogP contribution >= 0.6 is 15.9 Å². The molecule has 1 atom stereocenters. The van der Waals surface area contributed by atoms with E-state index in [1.807, 2.05) is 0 Å². The molecule has 4 heteroatoms. The number of hydrogen-bond donors (Lipinski definition) is 1. The molecule has 0 fully saturated rings. The Bertz CT molecular complexity index is 255. The minimum Gasteiger partial charge on any atom is -0.466 e. The summed E-state index contributed by atoms with van der Waals surface area (Å²) in [5, 5.41) is 9.35. The quantitative estimate of drug-likeness (QED) is 0.690. The van der Waals surface area contributed by atoms with Gasteiger partial charge in [-0.05, 0) is 12.5 Å². The van der Waals surface area contributed by atoms with Crippen LogP contribution in [0.25, 0.3) is 0 Å². The maximum Gasteiger partial charge on any atom is 0.336 e. The number of halogens is 1. The first-order chi connectivity index (χ1) is 5.65. The SMILES string of the molecule is COC(=O)C1=CC(Br)=CCC1O. The number of allylic oxidation sites excluding steroid dienone is 2. The number of carbonyl (C=O) groups excluding carboxylic acids is 1. The van der Waals surface area contributed by atoms with Gasteiger partial charge in [0.1, 0.15) is 0 Å². The maximum atomic E-state index is 11.0. The topological polar surface area (TPSA) is 46.5 Å². The van der Waals surface area contributed by atoms with E-state index in [9.17, 15) is 9.90 Å². The molecule has 1 rings (SSSR count). The summed E-state index contributed by atoms with van der Waals surface area (Å²) < 4.78 is 5.29. The second kappa shape index (κ2) is 3.87. The number of methoxy groups -OCH3 is 1. The Balaban J connectivity index is 2.85. The van der Waals surface area contributed by atoms with Gasteiger partial charge < -0.3 is 9.84 Å². The number of rotatable bonds is 1. The van der Waals surface area contributed by atoms with Crippen molar-refractivity contribution in [2.45, 2.75) is 12.5 Å². The smallest absolute Gasteiger partial charge is 0.336 e. The summed E-state index contributed by atoms with van der Waals surface area (Å²) in [6, 6.07) is 0. The first kappa shape index (κ1) is 9.48. The largest absolute Gasteiger partial charge is 0.466 e. The highest BCUT2D eigenvalue weighted by molar-refractivity contribution is 9.11. The van der Waals surface area contributed by atoms with Crippen LogP contribution < -0.4 is 0 Å². The summed E-state index contributed by atoms with van der Waals surface area (Å²) in [5.74, 6) is -0.479. The van der Waals surface area contributed by atoms with Crippen molar-refractivity contribution in [2.24, 2.45) is 0 Å². The van der Waals surface area contributed by atoms with E-state index in [0.717, 1.165) is 4.48 Å². The van der Waals surface area contributed by atoms with Crippen LogP contribution in [0.4, 0.5) is 0 Å². The minimum atomic E-state index is -0.737. The number of aliphatic hydroxyl groups is 1. The van der Waals surface area contributed by atoms with Gasteiger partial charge in [-0.1, -0.05) is 22.0 Å². The molecule has 0 amide bonds. The highest BCUT2D eigenvalue weighted by Crippen LogP contribution is 2.22. The lowest BCUT2D eigenvalue weighted by Gasteiger charge is -2.14. The lowest BCUT2D eigenvalue weighted by atomic mass is 10.0. The normalized spacial score (nSPS) is 22.8. The van der Waals surface area contributed by atoms with Crippen LogP contribution in [0.2, 0.25) is 0 Å². The molecule has 0 saturated heterocycles. The Kier molecular flexibility index (Phi) is 3.05. The zero-order chi connectivity index (χ0) is 9.14. The van der Waals surface area contributed by atoms with Crippen LogP contribution in [-0.4, -0.2) is 24.3 Å². The predicted molar refractivity (Wildman–Crippen MR) is 47.7 cm³/mol. The van der Waals surface area contributed by atoms with Crippen molar-refractivity contribution >= 4 is 21.9 Å². The van der Waals surface area contributed by atoms with E-state index < -0.39 is 12.1 Å². The minimum absolute atomic E-state index is 0.298. The van der Waals surface area contributed by atoms with Crippen LogP contribution in [0, 0.1) is 0 Å². The first-order valence-electron chi connectivity index (χ1n) is 3.48. The number of hydrogen-bond acceptors (Lipinski definition) is 3. The van der Waals surface area contributed by atoms with Gasteiger partial charge in [0, 0.05) is 4.48 Å². The molecule has 0 radical (unpaired) electrons. The van der Waals surface area contributed by atoms with Crippen LogP contribution in [0.1, 0.15) is 6.42 Å². The van der Waals surface area contributed by atoms with Gasteiger partial charge in [0.25, 0.3) is 0 Å². The average Bonchev–Trinajstić information content (AvgIpc) is 2.08. The number of ether oxygens (including phenoxy) is 1. The number of aliphatic hydroxyl groups excluding tert-OH is 1. The highest BCUT2D eigenvalue weighted by atomic mass is 79.9. The summed E-state index contributed by atoms with van der Waals surface area (Å²) >= 11 is 3.22.